The maximum Gasteiger partial charge on any atom is 0.164 e. The van der Waals surface area contributed by atoms with Gasteiger partial charge >= 0.3 is 0 Å². The molecule has 2 aliphatic carbocycles. The van der Waals surface area contributed by atoms with Crippen molar-refractivity contribution in [3.63, 3.8) is 0 Å². The highest BCUT2D eigenvalue weighted by atomic mass is 16.3. The molecule has 89 heavy (non-hydrogen) atoms. The van der Waals surface area contributed by atoms with Gasteiger partial charge in [-0.3, -0.25) is 0 Å². The molecule has 0 unspecified atom stereocenters. The Bertz CT molecular complexity index is 5020. The Kier molecular flexibility index (Phi) is 13.1. The topological polar surface area (TPSA) is 77.6 Å². The molecule has 0 N–H and O–H groups in total. The fraction of sp³-hybridized carbons (Fsp3) is 0.145. The maximum absolute atomic E-state index is 6.26. The molecule has 0 radical (unpaired) electrons. The zero-order valence-corrected chi connectivity index (χ0v) is 51.5. The highest BCUT2D eigenvalue weighted by Gasteiger charge is 2.47. The van der Waals surface area contributed by atoms with Gasteiger partial charge in [0.2, 0.25) is 0 Å². The molecule has 0 spiro atoms. The number of hydrogen-bond donors (Lipinski definition) is 0. The highest BCUT2D eigenvalue weighted by Crippen LogP contribution is 2.57. The van der Waals surface area contributed by atoms with Crippen LogP contribution in [0.5, 0.6) is 0 Å². The molecule has 0 amide bonds. The summed E-state index contributed by atoms with van der Waals surface area (Å²) in [7, 11) is 0. The van der Waals surface area contributed by atoms with Gasteiger partial charge in [0.1, 0.15) is 11.2 Å². The SMILES string of the molecule is CC1(C)c2ccccc2-c2c(-c3ccccc3-c3ccc(-c4nc(-c5ccccc5)nc(-c5ccccc5)n4)cc3)cccc2C1(C)C.CC1(C)c2ccccc2-c2ccc(-c3nc4ccccc4nc3-c3ccc4c(c3)oc3ccccc34)cc2C1(C)C. The van der Waals surface area contributed by atoms with Gasteiger partial charge in [0.15, 0.2) is 17.5 Å². The van der Waals surface area contributed by atoms with Crippen LogP contribution in [0.15, 0.2) is 265 Å². The van der Waals surface area contributed by atoms with Crippen LogP contribution in [-0.2, 0) is 21.7 Å². The van der Waals surface area contributed by atoms with E-state index in [1.807, 2.05) is 97.1 Å². The lowest BCUT2D eigenvalue weighted by Crippen LogP contribution is -2.43. The number of benzene rings is 11. The fourth-order valence-electron chi connectivity index (χ4n) is 13.9. The van der Waals surface area contributed by atoms with E-state index in [4.69, 9.17) is 29.3 Å². The molecular formula is C83H67N5O. The molecule has 11 aromatic carbocycles. The Labute approximate surface area is 520 Å². The smallest absolute Gasteiger partial charge is 0.164 e. The van der Waals surface area contributed by atoms with Crippen molar-refractivity contribution < 1.29 is 4.42 Å². The average Bonchev–Trinajstić information content (AvgIpc) is 1.20. The second-order valence-electron chi connectivity index (χ2n) is 26.0. The zero-order chi connectivity index (χ0) is 60.8. The standard InChI is InChI=1S/C45H37N3.C38H30N2O/c1-44(2)38-24-14-13-22-37(38)40-36(23-15-25-39(40)45(44,3)4)35-21-12-11-20-34(35)30-26-28-33(29-27-30)43-47-41(31-16-7-5-8-17-31)46-42(48-43)32-18-9-6-10-19-32;1-37(2)29-13-7-5-11-25(29)26-19-17-23(21-30(26)38(37,3)4)35-36(40-32-15-9-8-14-31(32)39-35)24-18-20-28-27-12-6-10-16-33(27)41-34(28)22-24/h5-29H,1-4H3;5-22H,1-4H3. The van der Waals surface area contributed by atoms with Crippen LogP contribution < -0.4 is 0 Å². The van der Waals surface area contributed by atoms with Crippen LogP contribution >= 0.6 is 0 Å². The monoisotopic (exact) mass is 1150 g/mol. The van der Waals surface area contributed by atoms with E-state index >= 15 is 0 Å². The number of hydrogen-bond acceptors (Lipinski definition) is 6. The largest absolute Gasteiger partial charge is 0.456 e. The summed E-state index contributed by atoms with van der Waals surface area (Å²) in [5.74, 6) is 1.98. The number of para-hydroxylation sites is 3. The lowest BCUT2D eigenvalue weighted by atomic mass is 9.55. The minimum atomic E-state index is -0.0929. The summed E-state index contributed by atoms with van der Waals surface area (Å²) in [6.45, 7) is 19.0. The van der Waals surface area contributed by atoms with Crippen molar-refractivity contribution >= 4 is 33.0 Å². The van der Waals surface area contributed by atoms with E-state index in [0.29, 0.717) is 17.5 Å². The van der Waals surface area contributed by atoms with Gasteiger partial charge in [-0.15, -0.1) is 0 Å². The van der Waals surface area contributed by atoms with E-state index in [2.05, 4.69) is 219 Å². The minimum Gasteiger partial charge on any atom is -0.456 e. The fourth-order valence-corrected chi connectivity index (χ4v) is 13.9. The molecule has 3 heterocycles. The molecular weight excluding hydrogens is 1080 g/mol. The summed E-state index contributed by atoms with van der Waals surface area (Å²) in [5.41, 5.74) is 25.7. The summed E-state index contributed by atoms with van der Waals surface area (Å²) in [4.78, 5) is 25.2. The first kappa shape index (κ1) is 55.2. The second kappa shape index (κ2) is 21.2. The minimum absolute atomic E-state index is 0.0135. The van der Waals surface area contributed by atoms with Gasteiger partial charge in [-0.2, -0.15) is 0 Å². The first-order valence-electron chi connectivity index (χ1n) is 30.9. The Morgan fingerprint density at radius 2 is 0.652 bits per heavy atom. The maximum atomic E-state index is 6.26. The third-order valence-corrected chi connectivity index (χ3v) is 20.2. The second-order valence-corrected chi connectivity index (χ2v) is 26.0. The Balaban J connectivity index is 0.000000151. The lowest BCUT2D eigenvalue weighted by molar-refractivity contribution is 0.299. The Morgan fingerprint density at radius 3 is 1.28 bits per heavy atom. The Morgan fingerprint density at radius 1 is 0.247 bits per heavy atom. The summed E-state index contributed by atoms with van der Waals surface area (Å²) in [5, 5.41) is 2.23. The van der Waals surface area contributed by atoms with Gasteiger partial charge < -0.3 is 4.42 Å². The van der Waals surface area contributed by atoms with E-state index in [-0.39, 0.29) is 21.7 Å². The van der Waals surface area contributed by atoms with Gasteiger partial charge in [-0.1, -0.05) is 280 Å². The van der Waals surface area contributed by atoms with Crippen LogP contribution in [0.4, 0.5) is 0 Å². The van der Waals surface area contributed by atoms with E-state index in [1.54, 1.807) is 0 Å². The van der Waals surface area contributed by atoms with Gasteiger partial charge in [0.05, 0.1) is 22.4 Å². The molecule has 6 heteroatoms. The molecule has 14 aromatic rings. The van der Waals surface area contributed by atoms with Crippen molar-refractivity contribution in [3.8, 4) is 101 Å². The number of aromatic nitrogens is 5. The summed E-state index contributed by atoms with van der Waals surface area (Å²) in [6, 6.07) is 91.9. The molecule has 0 saturated carbocycles. The summed E-state index contributed by atoms with van der Waals surface area (Å²) >= 11 is 0. The van der Waals surface area contributed by atoms with Crippen molar-refractivity contribution in [3.05, 3.63) is 283 Å². The van der Waals surface area contributed by atoms with E-state index in [0.717, 1.165) is 77.7 Å². The van der Waals surface area contributed by atoms with Crippen LogP contribution in [0.25, 0.3) is 134 Å². The molecule has 3 aromatic heterocycles. The first-order valence-corrected chi connectivity index (χ1v) is 30.9. The number of furan rings is 1. The molecule has 2 aliphatic rings. The predicted octanol–water partition coefficient (Wildman–Crippen LogP) is 21.5. The summed E-state index contributed by atoms with van der Waals surface area (Å²) in [6.07, 6.45) is 0. The van der Waals surface area contributed by atoms with Crippen molar-refractivity contribution in [2.24, 2.45) is 0 Å². The number of nitrogens with zero attached hydrogens (tertiary/aromatic N) is 5. The van der Waals surface area contributed by atoms with Gasteiger partial charge in [-0.05, 0) is 125 Å². The van der Waals surface area contributed by atoms with Gasteiger partial charge in [0, 0.05) is 38.6 Å². The van der Waals surface area contributed by atoms with Crippen molar-refractivity contribution in [2.45, 2.75) is 77.0 Å². The number of fused-ring (bicyclic) bond motifs is 10. The highest BCUT2D eigenvalue weighted by molar-refractivity contribution is 6.06. The van der Waals surface area contributed by atoms with Crippen molar-refractivity contribution in [2.75, 3.05) is 0 Å². The molecule has 0 bridgehead atoms. The average molecular weight is 1150 g/mol. The molecule has 0 fully saturated rings. The normalized spacial score (nSPS) is 14.7. The van der Waals surface area contributed by atoms with Crippen LogP contribution in [-0.4, -0.2) is 24.9 Å². The van der Waals surface area contributed by atoms with Crippen LogP contribution in [0.2, 0.25) is 0 Å². The van der Waals surface area contributed by atoms with Gasteiger partial charge in [0.25, 0.3) is 0 Å². The summed E-state index contributed by atoms with van der Waals surface area (Å²) < 4.78 is 6.26. The molecule has 6 nitrogen and oxygen atoms in total. The zero-order valence-electron chi connectivity index (χ0n) is 51.5. The van der Waals surface area contributed by atoms with E-state index in [9.17, 15) is 0 Å². The Hall–Kier alpha value is -10.4. The quantitative estimate of drug-likeness (QED) is 0.158. The molecule has 430 valence electrons. The van der Waals surface area contributed by atoms with Crippen LogP contribution in [0, 0.1) is 0 Å². The molecule has 0 atom stereocenters. The van der Waals surface area contributed by atoms with Crippen molar-refractivity contribution in [1.82, 2.24) is 24.9 Å². The first-order chi connectivity index (χ1) is 43.2. The third kappa shape index (κ3) is 9.11. The number of rotatable bonds is 7. The predicted molar refractivity (Wildman–Crippen MR) is 368 cm³/mol. The molecule has 16 rings (SSSR count). The van der Waals surface area contributed by atoms with Crippen LogP contribution in [0.3, 0.4) is 0 Å². The van der Waals surface area contributed by atoms with Crippen molar-refractivity contribution in [1.29, 1.82) is 0 Å². The lowest BCUT2D eigenvalue weighted by Gasteiger charge is -2.48. The molecule has 0 aliphatic heterocycles. The van der Waals surface area contributed by atoms with Crippen LogP contribution in [0.1, 0.15) is 77.6 Å². The van der Waals surface area contributed by atoms with E-state index < -0.39 is 0 Å². The third-order valence-electron chi connectivity index (χ3n) is 20.2. The van der Waals surface area contributed by atoms with E-state index in [1.165, 1.54) is 61.2 Å². The molecule has 0 saturated heterocycles. The van der Waals surface area contributed by atoms with Gasteiger partial charge in [-0.25, -0.2) is 24.9 Å².